The summed E-state index contributed by atoms with van der Waals surface area (Å²) in [7, 11) is 0. The minimum Gasteiger partial charge on any atom is -0.351 e. The Morgan fingerprint density at radius 1 is 0.394 bits per heavy atom. The molecular weight excluding hydrogens is 406 g/mol. The molecule has 4 rings (SSSR count). The maximum atomic E-state index is 5.05. The molecule has 3 fully saturated rings. The number of hydrogen-bond donors (Lipinski definition) is 2. The van der Waals surface area contributed by atoms with Crippen molar-refractivity contribution in [1.82, 2.24) is 15.0 Å². The molecule has 3 saturated carbocycles. The van der Waals surface area contributed by atoms with Crippen molar-refractivity contribution >= 4 is 11.9 Å². The number of rotatable bonds is 5. The second kappa shape index (κ2) is 14.1. The highest BCUT2D eigenvalue weighted by molar-refractivity contribution is 5.36. The maximum Gasteiger partial charge on any atom is 0.227 e. The summed E-state index contributed by atoms with van der Waals surface area (Å²) in [6, 6.07) is 1.01. The Morgan fingerprint density at radius 2 is 0.727 bits per heavy atom. The first kappa shape index (κ1) is 24.7. The van der Waals surface area contributed by atoms with Gasteiger partial charge in [-0.05, 0) is 38.5 Å². The Morgan fingerprint density at radius 3 is 1.12 bits per heavy atom. The fourth-order valence-corrected chi connectivity index (χ4v) is 6.16. The van der Waals surface area contributed by atoms with Crippen molar-refractivity contribution in [2.24, 2.45) is 0 Å². The summed E-state index contributed by atoms with van der Waals surface area (Å²) in [4.78, 5) is 15.0. The highest BCUT2D eigenvalue weighted by Gasteiger charge is 2.21. The first-order valence-corrected chi connectivity index (χ1v) is 14.7. The van der Waals surface area contributed by atoms with Gasteiger partial charge in [0.2, 0.25) is 11.9 Å². The largest absolute Gasteiger partial charge is 0.351 e. The molecule has 5 heteroatoms. The predicted molar refractivity (Wildman–Crippen MR) is 139 cm³/mol. The summed E-state index contributed by atoms with van der Waals surface area (Å²) >= 11 is 0. The van der Waals surface area contributed by atoms with Crippen LogP contribution in [0.25, 0.3) is 0 Å². The van der Waals surface area contributed by atoms with Gasteiger partial charge in [-0.15, -0.1) is 0 Å². The van der Waals surface area contributed by atoms with Crippen molar-refractivity contribution in [1.29, 1.82) is 0 Å². The molecule has 186 valence electrons. The highest BCUT2D eigenvalue weighted by atomic mass is 15.2. The smallest absolute Gasteiger partial charge is 0.227 e. The van der Waals surface area contributed by atoms with E-state index in [9.17, 15) is 0 Å². The van der Waals surface area contributed by atoms with Gasteiger partial charge in [0.05, 0.1) is 0 Å². The van der Waals surface area contributed by atoms with E-state index in [0.717, 1.165) is 17.7 Å². The lowest BCUT2D eigenvalue weighted by molar-refractivity contribution is 0.440. The van der Waals surface area contributed by atoms with Gasteiger partial charge in [0.25, 0.3) is 0 Å². The summed E-state index contributed by atoms with van der Waals surface area (Å²) in [5.74, 6) is 3.20. The van der Waals surface area contributed by atoms with Crippen molar-refractivity contribution < 1.29 is 0 Å². The molecule has 5 nitrogen and oxygen atoms in total. The van der Waals surface area contributed by atoms with Gasteiger partial charge < -0.3 is 10.6 Å². The second-order valence-electron chi connectivity index (χ2n) is 11.1. The van der Waals surface area contributed by atoms with Gasteiger partial charge in [-0.1, -0.05) is 103 Å². The van der Waals surface area contributed by atoms with Crippen LogP contribution in [0.1, 0.15) is 153 Å². The Balaban J connectivity index is 1.50. The van der Waals surface area contributed by atoms with E-state index in [2.05, 4.69) is 10.6 Å². The third kappa shape index (κ3) is 8.72. The summed E-state index contributed by atoms with van der Waals surface area (Å²) in [5.41, 5.74) is 0. The van der Waals surface area contributed by atoms with E-state index in [1.165, 1.54) is 141 Å². The first-order chi connectivity index (χ1) is 16.4. The predicted octanol–water partition coefficient (Wildman–Crippen LogP) is 8.14. The monoisotopic (exact) mass is 455 g/mol. The van der Waals surface area contributed by atoms with E-state index in [0.29, 0.717) is 18.0 Å². The zero-order valence-corrected chi connectivity index (χ0v) is 21.1. The van der Waals surface area contributed by atoms with Crippen LogP contribution in [0.3, 0.4) is 0 Å². The lowest BCUT2D eigenvalue weighted by atomic mass is 9.90. The summed E-state index contributed by atoms with van der Waals surface area (Å²) in [5, 5.41) is 7.55. The average Bonchev–Trinajstić information content (AvgIpc) is 2.89. The molecule has 0 unspecified atom stereocenters. The third-order valence-corrected chi connectivity index (χ3v) is 8.25. The van der Waals surface area contributed by atoms with Gasteiger partial charge >= 0.3 is 0 Å². The molecule has 0 bridgehead atoms. The minimum absolute atomic E-state index is 0.493. The molecule has 0 radical (unpaired) electrons. The van der Waals surface area contributed by atoms with E-state index >= 15 is 0 Å². The fourth-order valence-electron chi connectivity index (χ4n) is 6.16. The van der Waals surface area contributed by atoms with Gasteiger partial charge in [0.1, 0.15) is 5.82 Å². The van der Waals surface area contributed by atoms with Crippen LogP contribution in [0.2, 0.25) is 0 Å². The molecule has 3 aliphatic rings. The molecule has 0 atom stereocenters. The van der Waals surface area contributed by atoms with Crippen LogP contribution in [-0.4, -0.2) is 27.0 Å². The number of aromatic nitrogens is 3. The van der Waals surface area contributed by atoms with E-state index in [-0.39, 0.29) is 0 Å². The molecule has 33 heavy (non-hydrogen) atoms. The lowest BCUT2D eigenvalue weighted by Gasteiger charge is -2.24. The van der Waals surface area contributed by atoms with Crippen LogP contribution in [0.5, 0.6) is 0 Å². The number of hydrogen-bond acceptors (Lipinski definition) is 5. The Bertz CT molecular complexity index is 652. The average molecular weight is 456 g/mol. The van der Waals surface area contributed by atoms with Crippen molar-refractivity contribution in [2.45, 2.75) is 159 Å². The molecular formula is C28H49N5. The summed E-state index contributed by atoms with van der Waals surface area (Å²) < 4.78 is 0. The van der Waals surface area contributed by atoms with Crippen molar-refractivity contribution in [3.05, 3.63) is 5.82 Å². The minimum atomic E-state index is 0.493. The molecule has 0 saturated heterocycles. The maximum absolute atomic E-state index is 5.05. The van der Waals surface area contributed by atoms with E-state index in [4.69, 9.17) is 15.0 Å². The summed E-state index contributed by atoms with van der Waals surface area (Å²) in [6.07, 6.45) is 29.2. The van der Waals surface area contributed by atoms with E-state index < -0.39 is 0 Å². The van der Waals surface area contributed by atoms with Crippen molar-refractivity contribution in [3.8, 4) is 0 Å². The molecule has 0 spiro atoms. The molecule has 0 aliphatic heterocycles. The van der Waals surface area contributed by atoms with Gasteiger partial charge in [0, 0.05) is 18.0 Å². The first-order valence-electron chi connectivity index (χ1n) is 14.7. The normalized spacial score (nSPS) is 23.8. The third-order valence-electron chi connectivity index (χ3n) is 8.25. The van der Waals surface area contributed by atoms with Gasteiger partial charge in [0.15, 0.2) is 0 Å². The van der Waals surface area contributed by atoms with Crippen LogP contribution in [0.15, 0.2) is 0 Å². The Hall–Kier alpha value is -1.39. The number of nitrogens with zero attached hydrogens (tertiary/aromatic N) is 3. The van der Waals surface area contributed by atoms with Gasteiger partial charge in [-0.2, -0.15) is 15.0 Å². The van der Waals surface area contributed by atoms with Crippen LogP contribution >= 0.6 is 0 Å². The number of anilines is 2. The van der Waals surface area contributed by atoms with Crippen molar-refractivity contribution in [3.63, 3.8) is 0 Å². The molecule has 0 aromatic carbocycles. The SMILES string of the molecule is C1CCCCC(Nc2nc(NC3CCCCCCC3)nc(C3CCCCCCC3)n2)CCC1. The molecule has 1 aromatic rings. The molecule has 1 aromatic heterocycles. The molecule has 2 N–H and O–H groups in total. The summed E-state index contributed by atoms with van der Waals surface area (Å²) in [6.45, 7) is 0. The molecule has 3 aliphatic carbocycles. The quantitative estimate of drug-likeness (QED) is 0.469. The molecule has 0 amide bonds. The van der Waals surface area contributed by atoms with Crippen LogP contribution < -0.4 is 10.6 Å². The Labute approximate surface area is 202 Å². The zero-order valence-electron chi connectivity index (χ0n) is 21.1. The van der Waals surface area contributed by atoms with Crippen LogP contribution in [0.4, 0.5) is 11.9 Å². The highest BCUT2D eigenvalue weighted by Crippen LogP contribution is 2.30. The van der Waals surface area contributed by atoms with E-state index in [1.807, 2.05) is 0 Å². The van der Waals surface area contributed by atoms with E-state index in [1.54, 1.807) is 0 Å². The van der Waals surface area contributed by atoms with Gasteiger partial charge in [-0.3, -0.25) is 0 Å². The van der Waals surface area contributed by atoms with Gasteiger partial charge in [-0.25, -0.2) is 0 Å². The van der Waals surface area contributed by atoms with Crippen LogP contribution in [-0.2, 0) is 0 Å². The fraction of sp³-hybridized carbons (Fsp3) is 0.893. The standard InChI is InChI=1S/C28H49N5/c1-2-8-14-20-24(19-13-7-1)29-27-31-26(23-17-11-5-3-6-12-18-23)32-28(33-27)30-25-21-15-9-4-10-16-22-25/h23-25H,1-22H2,(H2,29,30,31,32,33). The zero-order chi connectivity index (χ0) is 22.6. The topological polar surface area (TPSA) is 62.7 Å². The number of nitrogens with one attached hydrogen (secondary N) is 2. The molecule has 1 heterocycles. The Kier molecular flexibility index (Phi) is 10.6. The second-order valence-corrected chi connectivity index (χ2v) is 11.1. The lowest BCUT2D eigenvalue weighted by Crippen LogP contribution is -2.25. The van der Waals surface area contributed by atoms with Crippen LogP contribution in [0, 0.1) is 0 Å². The van der Waals surface area contributed by atoms with Crippen molar-refractivity contribution in [2.75, 3.05) is 10.6 Å².